The van der Waals surface area contributed by atoms with Gasteiger partial charge in [-0.3, -0.25) is 4.98 Å². The van der Waals surface area contributed by atoms with Crippen molar-refractivity contribution in [1.82, 2.24) is 4.98 Å². The van der Waals surface area contributed by atoms with Crippen LogP contribution in [0, 0.1) is 6.92 Å². The molecule has 0 bridgehead atoms. The van der Waals surface area contributed by atoms with Gasteiger partial charge in [0.2, 0.25) is 0 Å². The number of aromatic nitrogens is 1. The van der Waals surface area contributed by atoms with Gasteiger partial charge in [-0.1, -0.05) is 31.2 Å². The van der Waals surface area contributed by atoms with Crippen LogP contribution in [0.2, 0.25) is 0 Å². The lowest BCUT2D eigenvalue weighted by atomic mass is 9.97. The number of nitrogens with zero attached hydrogens (tertiary/aromatic N) is 1. The zero-order chi connectivity index (χ0) is 10.7. The van der Waals surface area contributed by atoms with Gasteiger partial charge >= 0.3 is 0 Å². The fourth-order valence-corrected chi connectivity index (χ4v) is 1.93. The Bertz CT molecular complexity index is 446. The van der Waals surface area contributed by atoms with Crippen LogP contribution in [0.15, 0.2) is 42.6 Å². The van der Waals surface area contributed by atoms with Crippen LogP contribution in [0.25, 0.3) is 11.3 Å². The molecule has 0 spiro atoms. The topological polar surface area (TPSA) is 12.9 Å². The van der Waals surface area contributed by atoms with Crippen LogP contribution in [-0.2, 0) is 6.42 Å². The lowest BCUT2D eigenvalue weighted by Crippen LogP contribution is -1.92. The van der Waals surface area contributed by atoms with Crippen molar-refractivity contribution < 1.29 is 0 Å². The molecule has 1 heteroatoms. The zero-order valence-corrected chi connectivity index (χ0v) is 9.20. The predicted octanol–water partition coefficient (Wildman–Crippen LogP) is 3.62. The summed E-state index contributed by atoms with van der Waals surface area (Å²) in [7, 11) is 0. The molecular formula is C14H15N. The molecule has 15 heavy (non-hydrogen) atoms. The average molecular weight is 197 g/mol. The molecule has 2 aromatic rings. The Kier molecular flexibility index (Phi) is 2.82. The van der Waals surface area contributed by atoms with Crippen LogP contribution in [0.1, 0.15) is 18.1 Å². The highest BCUT2D eigenvalue weighted by Crippen LogP contribution is 2.24. The summed E-state index contributed by atoms with van der Waals surface area (Å²) < 4.78 is 0. The van der Waals surface area contributed by atoms with Gasteiger partial charge in [-0.25, -0.2) is 0 Å². The van der Waals surface area contributed by atoms with Crippen LogP contribution in [0.3, 0.4) is 0 Å². The van der Waals surface area contributed by atoms with Crippen LogP contribution >= 0.6 is 0 Å². The van der Waals surface area contributed by atoms with E-state index in [-0.39, 0.29) is 0 Å². The van der Waals surface area contributed by atoms with Crippen molar-refractivity contribution in [3.8, 4) is 11.3 Å². The summed E-state index contributed by atoms with van der Waals surface area (Å²) in [6, 6.07) is 12.4. The lowest BCUT2D eigenvalue weighted by Gasteiger charge is -2.09. The average Bonchev–Trinajstić information content (AvgIpc) is 2.30. The summed E-state index contributed by atoms with van der Waals surface area (Å²) in [5, 5.41) is 0. The number of pyridine rings is 1. The number of benzene rings is 1. The first-order valence-electron chi connectivity index (χ1n) is 5.33. The van der Waals surface area contributed by atoms with Crippen LogP contribution in [0.5, 0.6) is 0 Å². The second-order valence-electron chi connectivity index (χ2n) is 3.67. The van der Waals surface area contributed by atoms with E-state index in [9.17, 15) is 0 Å². The Balaban J connectivity index is 2.58. The predicted molar refractivity (Wildman–Crippen MR) is 63.8 cm³/mol. The highest BCUT2D eigenvalue weighted by atomic mass is 14.7. The van der Waals surface area contributed by atoms with E-state index in [1.165, 1.54) is 16.7 Å². The second kappa shape index (κ2) is 4.26. The summed E-state index contributed by atoms with van der Waals surface area (Å²) in [5.74, 6) is 0. The van der Waals surface area contributed by atoms with Gasteiger partial charge in [0.1, 0.15) is 0 Å². The Morgan fingerprint density at radius 1 is 1.07 bits per heavy atom. The fourth-order valence-electron chi connectivity index (χ4n) is 1.93. The summed E-state index contributed by atoms with van der Waals surface area (Å²) in [5.41, 5.74) is 5.08. The van der Waals surface area contributed by atoms with E-state index in [2.05, 4.69) is 43.1 Å². The Hall–Kier alpha value is -1.63. The molecule has 1 aromatic carbocycles. The van der Waals surface area contributed by atoms with Gasteiger partial charge in [0, 0.05) is 11.8 Å². The van der Waals surface area contributed by atoms with Gasteiger partial charge < -0.3 is 0 Å². The number of hydrogen-bond donors (Lipinski definition) is 0. The summed E-state index contributed by atoms with van der Waals surface area (Å²) in [6.45, 7) is 4.35. The molecule has 2 rings (SSSR count). The minimum Gasteiger partial charge on any atom is -0.256 e. The van der Waals surface area contributed by atoms with E-state index >= 15 is 0 Å². The van der Waals surface area contributed by atoms with Gasteiger partial charge in [0.15, 0.2) is 0 Å². The third kappa shape index (κ3) is 1.91. The molecule has 0 aliphatic heterocycles. The van der Waals surface area contributed by atoms with Crippen molar-refractivity contribution in [1.29, 1.82) is 0 Å². The lowest BCUT2D eigenvalue weighted by molar-refractivity contribution is 1.11. The maximum Gasteiger partial charge on any atom is 0.0704 e. The molecule has 0 saturated carbocycles. The normalized spacial score (nSPS) is 10.3. The zero-order valence-electron chi connectivity index (χ0n) is 9.20. The molecule has 1 heterocycles. The molecule has 0 unspecified atom stereocenters. The minimum atomic E-state index is 1.05. The van der Waals surface area contributed by atoms with Crippen molar-refractivity contribution in [2.24, 2.45) is 0 Å². The number of aryl methyl sites for hydroxylation is 1. The van der Waals surface area contributed by atoms with Gasteiger partial charge in [0.05, 0.1) is 5.69 Å². The van der Waals surface area contributed by atoms with Gasteiger partial charge in [-0.15, -0.1) is 0 Å². The van der Waals surface area contributed by atoms with E-state index in [4.69, 9.17) is 0 Å². The van der Waals surface area contributed by atoms with E-state index in [1.54, 1.807) is 0 Å². The first kappa shape index (κ1) is 9.91. The summed E-state index contributed by atoms with van der Waals surface area (Å²) >= 11 is 0. The number of hydrogen-bond acceptors (Lipinski definition) is 1. The maximum atomic E-state index is 4.40. The fraction of sp³-hybridized carbons (Fsp3) is 0.214. The monoisotopic (exact) mass is 197 g/mol. The van der Waals surface area contributed by atoms with Crippen LogP contribution < -0.4 is 0 Å². The summed E-state index contributed by atoms with van der Waals surface area (Å²) in [4.78, 5) is 4.40. The van der Waals surface area contributed by atoms with Gasteiger partial charge in [-0.05, 0) is 36.6 Å². The SMILES string of the molecule is CCc1c(C)cccc1-c1ccccn1. The van der Waals surface area contributed by atoms with E-state index in [0.29, 0.717) is 0 Å². The van der Waals surface area contributed by atoms with Gasteiger partial charge in [-0.2, -0.15) is 0 Å². The molecule has 0 N–H and O–H groups in total. The molecule has 0 aliphatic rings. The van der Waals surface area contributed by atoms with Crippen molar-refractivity contribution in [2.75, 3.05) is 0 Å². The van der Waals surface area contributed by atoms with E-state index in [0.717, 1.165) is 12.1 Å². The molecule has 76 valence electrons. The van der Waals surface area contributed by atoms with Crippen LogP contribution in [-0.4, -0.2) is 4.98 Å². The van der Waals surface area contributed by atoms with Crippen molar-refractivity contribution in [3.63, 3.8) is 0 Å². The van der Waals surface area contributed by atoms with Crippen molar-refractivity contribution in [2.45, 2.75) is 20.3 Å². The first-order valence-corrected chi connectivity index (χ1v) is 5.33. The quantitative estimate of drug-likeness (QED) is 0.716. The van der Waals surface area contributed by atoms with E-state index < -0.39 is 0 Å². The molecule has 1 nitrogen and oxygen atoms in total. The molecule has 0 amide bonds. The third-order valence-electron chi connectivity index (χ3n) is 2.70. The smallest absolute Gasteiger partial charge is 0.0704 e. The van der Waals surface area contributed by atoms with E-state index in [1.807, 2.05) is 18.3 Å². The Morgan fingerprint density at radius 3 is 2.60 bits per heavy atom. The molecular weight excluding hydrogens is 182 g/mol. The Morgan fingerprint density at radius 2 is 1.93 bits per heavy atom. The van der Waals surface area contributed by atoms with Gasteiger partial charge in [0.25, 0.3) is 0 Å². The molecule has 0 radical (unpaired) electrons. The number of rotatable bonds is 2. The third-order valence-corrected chi connectivity index (χ3v) is 2.70. The minimum absolute atomic E-state index is 1.05. The maximum absolute atomic E-state index is 4.40. The molecule has 0 atom stereocenters. The highest BCUT2D eigenvalue weighted by Gasteiger charge is 2.05. The second-order valence-corrected chi connectivity index (χ2v) is 3.67. The van der Waals surface area contributed by atoms with Crippen molar-refractivity contribution in [3.05, 3.63) is 53.7 Å². The van der Waals surface area contributed by atoms with Crippen LogP contribution in [0.4, 0.5) is 0 Å². The Labute approximate surface area is 90.8 Å². The molecule has 0 fully saturated rings. The highest BCUT2D eigenvalue weighted by molar-refractivity contribution is 5.65. The largest absolute Gasteiger partial charge is 0.256 e. The standard InChI is InChI=1S/C14H15N/c1-3-12-11(2)7-6-8-13(12)14-9-4-5-10-15-14/h4-10H,3H2,1-2H3. The summed E-state index contributed by atoms with van der Waals surface area (Å²) in [6.07, 6.45) is 2.90. The molecule has 0 saturated heterocycles. The first-order chi connectivity index (χ1) is 7.33. The molecule has 1 aromatic heterocycles. The van der Waals surface area contributed by atoms with Crippen molar-refractivity contribution >= 4 is 0 Å². The molecule has 0 aliphatic carbocycles.